The SMILES string of the molecule is N#CCC=Cc1ccc(Cl)cc1C=O. The zero-order valence-corrected chi connectivity index (χ0v) is 8.16. The Hall–Kier alpha value is -1.59. The predicted molar refractivity (Wildman–Crippen MR) is 56.1 cm³/mol. The first-order chi connectivity index (χ1) is 6.77. The smallest absolute Gasteiger partial charge is 0.150 e. The van der Waals surface area contributed by atoms with E-state index >= 15 is 0 Å². The first-order valence-corrected chi connectivity index (χ1v) is 4.44. The molecular weight excluding hydrogens is 198 g/mol. The van der Waals surface area contributed by atoms with E-state index in [1.54, 1.807) is 30.4 Å². The molecule has 0 amide bonds. The molecule has 3 heteroatoms. The molecule has 0 saturated heterocycles. The molecule has 0 atom stereocenters. The second-order valence-corrected chi connectivity index (χ2v) is 3.09. The minimum absolute atomic E-state index is 0.334. The van der Waals surface area contributed by atoms with Crippen molar-refractivity contribution in [2.75, 3.05) is 0 Å². The standard InChI is InChI=1S/C11H8ClNO/c12-11-5-4-9(3-1-2-6-13)10(7-11)8-14/h1,3-5,7-8H,2H2. The summed E-state index contributed by atoms with van der Waals surface area (Å²) < 4.78 is 0. The highest BCUT2D eigenvalue weighted by atomic mass is 35.5. The molecular formula is C11H8ClNO. The lowest BCUT2D eigenvalue weighted by molar-refractivity contribution is 0.112. The van der Waals surface area contributed by atoms with Gasteiger partial charge in [-0.15, -0.1) is 0 Å². The number of halogens is 1. The van der Waals surface area contributed by atoms with Crippen LogP contribution in [0.2, 0.25) is 5.02 Å². The largest absolute Gasteiger partial charge is 0.298 e. The van der Waals surface area contributed by atoms with E-state index in [0.29, 0.717) is 17.0 Å². The average Bonchev–Trinajstić information content (AvgIpc) is 2.20. The van der Waals surface area contributed by atoms with Gasteiger partial charge in [0.25, 0.3) is 0 Å². The molecule has 1 aromatic carbocycles. The maximum atomic E-state index is 10.7. The molecule has 0 N–H and O–H groups in total. The molecule has 0 aliphatic carbocycles. The minimum atomic E-state index is 0.334. The van der Waals surface area contributed by atoms with E-state index in [4.69, 9.17) is 16.9 Å². The summed E-state index contributed by atoms with van der Waals surface area (Å²) in [4.78, 5) is 10.7. The van der Waals surface area contributed by atoms with Gasteiger partial charge in [-0.1, -0.05) is 29.8 Å². The third-order valence-corrected chi connectivity index (χ3v) is 1.92. The second-order valence-electron chi connectivity index (χ2n) is 2.66. The van der Waals surface area contributed by atoms with Crippen molar-refractivity contribution in [3.8, 4) is 6.07 Å². The molecule has 0 aromatic heterocycles. The van der Waals surface area contributed by atoms with Crippen LogP contribution in [-0.2, 0) is 0 Å². The maximum Gasteiger partial charge on any atom is 0.150 e. The van der Waals surface area contributed by atoms with E-state index < -0.39 is 0 Å². The van der Waals surface area contributed by atoms with Crippen molar-refractivity contribution in [1.82, 2.24) is 0 Å². The molecule has 70 valence electrons. The number of hydrogen-bond acceptors (Lipinski definition) is 2. The molecule has 0 radical (unpaired) electrons. The monoisotopic (exact) mass is 205 g/mol. The number of carbonyl (C=O) groups excluding carboxylic acids is 1. The van der Waals surface area contributed by atoms with Crippen molar-refractivity contribution in [1.29, 1.82) is 5.26 Å². The summed E-state index contributed by atoms with van der Waals surface area (Å²) in [7, 11) is 0. The Kier molecular flexibility index (Phi) is 3.90. The van der Waals surface area contributed by atoms with E-state index in [0.717, 1.165) is 11.8 Å². The summed E-state index contributed by atoms with van der Waals surface area (Å²) >= 11 is 5.72. The van der Waals surface area contributed by atoms with Crippen molar-refractivity contribution in [2.24, 2.45) is 0 Å². The third-order valence-electron chi connectivity index (χ3n) is 1.68. The number of aldehydes is 1. The highest BCUT2D eigenvalue weighted by Crippen LogP contribution is 2.15. The number of carbonyl (C=O) groups is 1. The Morgan fingerprint density at radius 3 is 2.86 bits per heavy atom. The number of hydrogen-bond donors (Lipinski definition) is 0. The van der Waals surface area contributed by atoms with E-state index in [2.05, 4.69) is 0 Å². The van der Waals surface area contributed by atoms with Crippen LogP contribution in [0.5, 0.6) is 0 Å². The minimum Gasteiger partial charge on any atom is -0.298 e. The van der Waals surface area contributed by atoms with Gasteiger partial charge in [-0.3, -0.25) is 4.79 Å². The molecule has 2 nitrogen and oxygen atoms in total. The predicted octanol–water partition coefficient (Wildman–Crippen LogP) is 3.08. The zero-order chi connectivity index (χ0) is 10.4. The molecule has 0 spiro atoms. The van der Waals surface area contributed by atoms with Crippen LogP contribution in [0.4, 0.5) is 0 Å². The van der Waals surface area contributed by atoms with Crippen molar-refractivity contribution in [3.05, 3.63) is 40.4 Å². The van der Waals surface area contributed by atoms with Crippen LogP contribution in [0.25, 0.3) is 6.08 Å². The van der Waals surface area contributed by atoms with Crippen molar-refractivity contribution in [3.63, 3.8) is 0 Å². The van der Waals surface area contributed by atoms with Crippen molar-refractivity contribution < 1.29 is 4.79 Å². The average molecular weight is 206 g/mol. The molecule has 0 aliphatic heterocycles. The van der Waals surface area contributed by atoms with Crippen LogP contribution in [0.1, 0.15) is 22.3 Å². The Balaban J connectivity index is 2.97. The number of benzene rings is 1. The first kappa shape index (κ1) is 10.5. The number of allylic oxidation sites excluding steroid dienone is 1. The number of rotatable bonds is 3. The fraction of sp³-hybridized carbons (Fsp3) is 0.0909. The fourth-order valence-corrected chi connectivity index (χ4v) is 1.22. The topological polar surface area (TPSA) is 40.9 Å². The highest BCUT2D eigenvalue weighted by molar-refractivity contribution is 6.30. The molecule has 0 fully saturated rings. The van der Waals surface area contributed by atoms with Crippen molar-refractivity contribution in [2.45, 2.75) is 6.42 Å². The maximum absolute atomic E-state index is 10.7. The lowest BCUT2D eigenvalue weighted by Gasteiger charge is -1.98. The van der Waals surface area contributed by atoms with E-state index in [1.807, 2.05) is 6.07 Å². The van der Waals surface area contributed by atoms with Gasteiger partial charge in [0.05, 0.1) is 12.5 Å². The Labute approximate surface area is 87.4 Å². The Morgan fingerprint density at radius 1 is 1.43 bits per heavy atom. The van der Waals surface area contributed by atoms with Gasteiger partial charge in [0.15, 0.2) is 6.29 Å². The van der Waals surface area contributed by atoms with Gasteiger partial charge >= 0.3 is 0 Å². The summed E-state index contributed by atoms with van der Waals surface area (Å²) in [6.07, 6.45) is 4.53. The first-order valence-electron chi connectivity index (χ1n) is 4.06. The van der Waals surface area contributed by atoms with Gasteiger partial charge in [0.2, 0.25) is 0 Å². The number of nitrogens with zero attached hydrogens (tertiary/aromatic N) is 1. The summed E-state index contributed by atoms with van der Waals surface area (Å²) in [5.74, 6) is 0. The Bertz CT molecular complexity index is 404. The lowest BCUT2D eigenvalue weighted by atomic mass is 10.1. The highest BCUT2D eigenvalue weighted by Gasteiger charge is 1.98. The van der Waals surface area contributed by atoms with Gasteiger partial charge in [0, 0.05) is 10.6 Å². The summed E-state index contributed by atoms with van der Waals surface area (Å²) in [6, 6.07) is 7.04. The van der Waals surface area contributed by atoms with Gasteiger partial charge in [0.1, 0.15) is 0 Å². The molecule has 0 saturated carbocycles. The molecule has 0 bridgehead atoms. The van der Waals surface area contributed by atoms with E-state index in [9.17, 15) is 4.79 Å². The van der Waals surface area contributed by atoms with Crippen LogP contribution in [0.15, 0.2) is 24.3 Å². The van der Waals surface area contributed by atoms with Crippen LogP contribution < -0.4 is 0 Å². The molecule has 0 heterocycles. The normalized spacial score (nSPS) is 10.0. The van der Waals surface area contributed by atoms with Gasteiger partial charge in [-0.05, 0) is 17.7 Å². The molecule has 1 aromatic rings. The van der Waals surface area contributed by atoms with Crippen molar-refractivity contribution >= 4 is 24.0 Å². The molecule has 0 aliphatic rings. The Morgan fingerprint density at radius 2 is 2.21 bits per heavy atom. The number of nitriles is 1. The molecule has 0 unspecified atom stereocenters. The van der Waals surface area contributed by atoms with Crippen LogP contribution in [0.3, 0.4) is 0 Å². The van der Waals surface area contributed by atoms with Crippen LogP contribution in [0, 0.1) is 11.3 Å². The zero-order valence-electron chi connectivity index (χ0n) is 7.40. The van der Waals surface area contributed by atoms with E-state index in [1.165, 1.54) is 0 Å². The van der Waals surface area contributed by atoms with Gasteiger partial charge < -0.3 is 0 Å². The van der Waals surface area contributed by atoms with E-state index in [-0.39, 0.29) is 0 Å². The summed E-state index contributed by atoms with van der Waals surface area (Å²) in [5, 5.41) is 8.85. The van der Waals surface area contributed by atoms with Crippen LogP contribution >= 0.6 is 11.6 Å². The quantitative estimate of drug-likeness (QED) is 0.712. The summed E-state index contributed by atoms with van der Waals surface area (Å²) in [5.41, 5.74) is 1.31. The third kappa shape index (κ3) is 2.72. The van der Waals surface area contributed by atoms with Gasteiger partial charge in [-0.2, -0.15) is 5.26 Å². The summed E-state index contributed by atoms with van der Waals surface area (Å²) in [6.45, 7) is 0. The van der Waals surface area contributed by atoms with Crippen LogP contribution in [-0.4, -0.2) is 6.29 Å². The lowest BCUT2D eigenvalue weighted by Crippen LogP contribution is -1.85. The molecule has 1 rings (SSSR count). The second kappa shape index (κ2) is 5.21. The van der Waals surface area contributed by atoms with Gasteiger partial charge in [-0.25, -0.2) is 0 Å². The molecule has 14 heavy (non-hydrogen) atoms. The fourth-order valence-electron chi connectivity index (χ4n) is 1.04.